The van der Waals surface area contributed by atoms with E-state index >= 15 is 0 Å². The van der Waals surface area contributed by atoms with Gasteiger partial charge < -0.3 is 25.2 Å². The molecule has 104 valence electrons. The van der Waals surface area contributed by atoms with Crippen molar-refractivity contribution < 1.29 is 14.6 Å². The molecule has 1 fully saturated rings. The summed E-state index contributed by atoms with van der Waals surface area (Å²) < 4.78 is 10.9. The lowest BCUT2D eigenvalue weighted by molar-refractivity contribution is -0.146. The van der Waals surface area contributed by atoms with Crippen LogP contribution in [0.15, 0.2) is 12.2 Å². The van der Waals surface area contributed by atoms with Gasteiger partial charge in [-0.3, -0.25) is 0 Å². The summed E-state index contributed by atoms with van der Waals surface area (Å²) in [6.45, 7) is 3.12. The second-order valence-corrected chi connectivity index (χ2v) is 5.11. The summed E-state index contributed by atoms with van der Waals surface area (Å²) in [5, 5.41) is 16.9. The van der Waals surface area contributed by atoms with Gasteiger partial charge in [-0.2, -0.15) is 0 Å². The van der Waals surface area contributed by atoms with Crippen LogP contribution in [0.25, 0.3) is 0 Å². The monoisotopic (exact) mass is 256 g/mol. The van der Waals surface area contributed by atoms with Crippen molar-refractivity contribution in [3.05, 3.63) is 12.2 Å². The van der Waals surface area contributed by atoms with Crippen molar-refractivity contribution in [3.8, 4) is 0 Å². The molecular formula is C13H24N2O3. The van der Waals surface area contributed by atoms with Gasteiger partial charge in [0.25, 0.3) is 0 Å². The van der Waals surface area contributed by atoms with Gasteiger partial charge in [-0.1, -0.05) is 12.2 Å². The molecular weight excluding hydrogens is 232 g/mol. The van der Waals surface area contributed by atoms with E-state index in [1.165, 1.54) is 0 Å². The fraction of sp³-hybridized carbons (Fsp3) is 0.846. The molecule has 0 bridgehead atoms. The Balaban J connectivity index is 1.68. The van der Waals surface area contributed by atoms with Gasteiger partial charge in [0.1, 0.15) is 0 Å². The lowest BCUT2D eigenvalue weighted by Crippen LogP contribution is -2.49. The quantitative estimate of drug-likeness (QED) is 0.605. The molecule has 0 aromatic heterocycles. The normalized spacial score (nSPS) is 31.4. The SMILES string of the molecule is CO[C@@H]1CC=CC(CNCC2(O)CCNCC2)O1. The van der Waals surface area contributed by atoms with Crippen LogP contribution in [0.3, 0.4) is 0 Å². The fourth-order valence-corrected chi connectivity index (χ4v) is 2.42. The Labute approximate surface area is 109 Å². The van der Waals surface area contributed by atoms with E-state index in [1.807, 2.05) is 0 Å². The first kappa shape index (κ1) is 14.0. The molecule has 5 heteroatoms. The average molecular weight is 256 g/mol. The highest BCUT2D eigenvalue weighted by Gasteiger charge is 2.28. The number of hydrogen-bond donors (Lipinski definition) is 3. The van der Waals surface area contributed by atoms with Crippen LogP contribution in [-0.2, 0) is 9.47 Å². The Morgan fingerprint density at radius 2 is 2.28 bits per heavy atom. The smallest absolute Gasteiger partial charge is 0.161 e. The summed E-state index contributed by atoms with van der Waals surface area (Å²) in [6.07, 6.45) is 6.46. The van der Waals surface area contributed by atoms with E-state index < -0.39 is 5.60 Å². The van der Waals surface area contributed by atoms with E-state index in [0.717, 1.165) is 32.4 Å². The molecule has 0 aliphatic carbocycles. The van der Waals surface area contributed by atoms with Crippen LogP contribution in [0.1, 0.15) is 19.3 Å². The first-order valence-electron chi connectivity index (χ1n) is 6.71. The standard InChI is InChI=1S/C13H24N2O3/c1-17-12-4-2-3-11(18-12)9-15-10-13(16)5-7-14-8-6-13/h2-3,11-12,14-16H,4-10H2,1H3/t11?,12-/m0/s1. The third-order valence-corrected chi connectivity index (χ3v) is 3.60. The molecule has 0 amide bonds. The van der Waals surface area contributed by atoms with Gasteiger partial charge in [0.2, 0.25) is 0 Å². The molecule has 1 saturated heterocycles. The summed E-state index contributed by atoms with van der Waals surface area (Å²) in [6, 6.07) is 0. The van der Waals surface area contributed by atoms with E-state index in [-0.39, 0.29) is 12.4 Å². The molecule has 0 spiro atoms. The number of methoxy groups -OCH3 is 1. The van der Waals surface area contributed by atoms with Gasteiger partial charge in [-0.15, -0.1) is 0 Å². The lowest BCUT2D eigenvalue weighted by Gasteiger charge is -2.33. The van der Waals surface area contributed by atoms with Gasteiger partial charge in [0.15, 0.2) is 6.29 Å². The molecule has 1 unspecified atom stereocenters. The summed E-state index contributed by atoms with van der Waals surface area (Å²) in [4.78, 5) is 0. The molecule has 2 rings (SSSR count). The summed E-state index contributed by atoms with van der Waals surface area (Å²) in [5.41, 5.74) is -0.565. The molecule has 18 heavy (non-hydrogen) atoms. The summed E-state index contributed by atoms with van der Waals surface area (Å²) >= 11 is 0. The van der Waals surface area contributed by atoms with Crippen molar-refractivity contribution in [3.63, 3.8) is 0 Å². The molecule has 5 nitrogen and oxygen atoms in total. The van der Waals surface area contributed by atoms with Crippen molar-refractivity contribution in [1.29, 1.82) is 0 Å². The first-order valence-corrected chi connectivity index (χ1v) is 6.71. The number of nitrogens with one attached hydrogen (secondary N) is 2. The van der Waals surface area contributed by atoms with Crippen molar-refractivity contribution in [1.82, 2.24) is 10.6 Å². The minimum atomic E-state index is -0.565. The number of aliphatic hydroxyl groups is 1. The Morgan fingerprint density at radius 3 is 3.00 bits per heavy atom. The maximum atomic E-state index is 10.3. The van der Waals surface area contributed by atoms with Gasteiger partial charge in [0, 0.05) is 26.6 Å². The highest BCUT2D eigenvalue weighted by molar-refractivity contribution is 4.96. The molecule has 3 N–H and O–H groups in total. The maximum Gasteiger partial charge on any atom is 0.161 e. The van der Waals surface area contributed by atoms with Crippen molar-refractivity contribution in [2.75, 3.05) is 33.3 Å². The minimum Gasteiger partial charge on any atom is -0.388 e. The third-order valence-electron chi connectivity index (χ3n) is 3.60. The lowest BCUT2D eigenvalue weighted by atomic mass is 9.92. The number of ether oxygens (including phenoxy) is 2. The second kappa shape index (κ2) is 6.63. The van der Waals surface area contributed by atoms with Crippen molar-refractivity contribution >= 4 is 0 Å². The van der Waals surface area contributed by atoms with Gasteiger partial charge in [0.05, 0.1) is 11.7 Å². The Kier molecular flexibility index (Phi) is 5.14. The molecule has 0 aromatic carbocycles. The third kappa shape index (κ3) is 4.03. The van der Waals surface area contributed by atoms with E-state index in [0.29, 0.717) is 13.1 Å². The Bertz CT molecular complexity index is 277. The predicted octanol–water partition coefficient (Wildman–Crippen LogP) is 0.00810. The number of piperidine rings is 1. The number of rotatable bonds is 5. The minimum absolute atomic E-state index is 0.0361. The molecule has 2 aliphatic rings. The van der Waals surface area contributed by atoms with E-state index in [9.17, 15) is 5.11 Å². The largest absolute Gasteiger partial charge is 0.388 e. The Hall–Kier alpha value is -0.460. The molecule has 2 heterocycles. The zero-order valence-electron chi connectivity index (χ0n) is 11.0. The van der Waals surface area contributed by atoms with Crippen LogP contribution in [0.4, 0.5) is 0 Å². The van der Waals surface area contributed by atoms with E-state index in [1.54, 1.807) is 7.11 Å². The zero-order chi connectivity index (χ0) is 12.8. The first-order chi connectivity index (χ1) is 8.72. The van der Waals surface area contributed by atoms with Crippen molar-refractivity contribution in [2.24, 2.45) is 0 Å². The maximum absolute atomic E-state index is 10.3. The van der Waals surface area contributed by atoms with E-state index in [4.69, 9.17) is 9.47 Å². The van der Waals surface area contributed by atoms with Crippen molar-refractivity contribution in [2.45, 2.75) is 37.3 Å². The molecule has 0 aromatic rings. The zero-order valence-corrected chi connectivity index (χ0v) is 11.0. The molecule has 2 aliphatic heterocycles. The summed E-state index contributed by atoms with van der Waals surface area (Å²) in [7, 11) is 1.66. The van der Waals surface area contributed by atoms with Crippen LogP contribution in [0.5, 0.6) is 0 Å². The predicted molar refractivity (Wildman–Crippen MR) is 69.4 cm³/mol. The highest BCUT2D eigenvalue weighted by atomic mass is 16.7. The van der Waals surface area contributed by atoms with E-state index in [2.05, 4.69) is 22.8 Å². The number of hydrogen-bond acceptors (Lipinski definition) is 5. The Morgan fingerprint density at radius 1 is 1.50 bits per heavy atom. The molecule has 0 radical (unpaired) electrons. The van der Waals surface area contributed by atoms with Gasteiger partial charge in [-0.05, 0) is 25.9 Å². The van der Waals surface area contributed by atoms with Crippen LogP contribution < -0.4 is 10.6 Å². The highest BCUT2D eigenvalue weighted by Crippen LogP contribution is 2.17. The van der Waals surface area contributed by atoms with Crippen LogP contribution in [-0.4, -0.2) is 56.4 Å². The van der Waals surface area contributed by atoms with Crippen LogP contribution in [0.2, 0.25) is 0 Å². The second-order valence-electron chi connectivity index (χ2n) is 5.11. The topological polar surface area (TPSA) is 62.8 Å². The van der Waals surface area contributed by atoms with Crippen LogP contribution in [0, 0.1) is 0 Å². The molecule has 0 saturated carbocycles. The summed E-state index contributed by atoms with van der Waals surface area (Å²) in [5.74, 6) is 0. The molecule has 2 atom stereocenters. The van der Waals surface area contributed by atoms with Crippen LogP contribution >= 0.6 is 0 Å². The average Bonchev–Trinajstić information content (AvgIpc) is 2.40. The fourth-order valence-electron chi connectivity index (χ4n) is 2.42. The van der Waals surface area contributed by atoms with Gasteiger partial charge >= 0.3 is 0 Å². The van der Waals surface area contributed by atoms with Gasteiger partial charge in [-0.25, -0.2) is 0 Å².